The Hall–Kier alpha value is -1.26. The number of hydrogen-bond donors (Lipinski definition) is 2. The lowest BCUT2D eigenvalue weighted by Gasteiger charge is -2.21. The first kappa shape index (κ1) is 13.8. The van der Waals surface area contributed by atoms with E-state index in [0.29, 0.717) is 19.5 Å². The molecule has 0 bridgehead atoms. The molecule has 5 heteroatoms. The van der Waals surface area contributed by atoms with Crippen molar-refractivity contribution >= 4 is 11.9 Å². The smallest absolute Gasteiger partial charge is 0.315 e. The maximum Gasteiger partial charge on any atom is 0.315 e. The summed E-state index contributed by atoms with van der Waals surface area (Å²) >= 11 is 0. The Morgan fingerprint density at radius 2 is 2.24 bits per heavy atom. The van der Waals surface area contributed by atoms with Crippen LogP contribution in [0, 0.1) is 0 Å². The van der Waals surface area contributed by atoms with Crippen LogP contribution in [-0.2, 0) is 4.79 Å². The molecular weight excluding hydrogens is 218 g/mol. The van der Waals surface area contributed by atoms with Gasteiger partial charge in [-0.3, -0.25) is 4.79 Å². The molecule has 0 saturated carbocycles. The number of urea groups is 1. The fourth-order valence-corrected chi connectivity index (χ4v) is 1.94. The van der Waals surface area contributed by atoms with E-state index in [1.165, 1.54) is 0 Å². The largest absolute Gasteiger partial charge is 0.338 e. The quantitative estimate of drug-likeness (QED) is 0.708. The van der Waals surface area contributed by atoms with E-state index in [-0.39, 0.29) is 24.0 Å². The Morgan fingerprint density at radius 3 is 2.76 bits per heavy atom. The van der Waals surface area contributed by atoms with Gasteiger partial charge in [-0.05, 0) is 20.3 Å². The minimum atomic E-state index is -0.165. The summed E-state index contributed by atoms with van der Waals surface area (Å²) in [6, 6.07) is -0.00849. The van der Waals surface area contributed by atoms with E-state index in [4.69, 9.17) is 0 Å². The van der Waals surface area contributed by atoms with Crippen LogP contribution >= 0.6 is 0 Å². The third-order valence-corrected chi connectivity index (χ3v) is 2.93. The van der Waals surface area contributed by atoms with Crippen LogP contribution in [-0.4, -0.2) is 42.0 Å². The Kier molecular flexibility index (Phi) is 5.25. The van der Waals surface area contributed by atoms with Gasteiger partial charge >= 0.3 is 6.03 Å². The molecule has 1 atom stereocenters. The number of likely N-dealkylation sites (tertiary alicyclic amines) is 1. The fraction of sp³-hybridized carbons (Fsp3) is 0.833. The van der Waals surface area contributed by atoms with Crippen LogP contribution in [0.15, 0.2) is 0 Å². The van der Waals surface area contributed by atoms with Crippen molar-refractivity contribution in [3.8, 4) is 0 Å². The summed E-state index contributed by atoms with van der Waals surface area (Å²) in [6.45, 7) is 7.37. The average Bonchev–Trinajstić information content (AvgIpc) is 2.60. The van der Waals surface area contributed by atoms with Crippen molar-refractivity contribution in [1.29, 1.82) is 0 Å². The number of nitrogens with one attached hydrogen (secondary N) is 2. The topological polar surface area (TPSA) is 61.4 Å². The first-order valence-electron chi connectivity index (χ1n) is 6.38. The van der Waals surface area contributed by atoms with Crippen LogP contribution in [0.1, 0.15) is 40.0 Å². The van der Waals surface area contributed by atoms with Crippen molar-refractivity contribution in [2.45, 2.75) is 52.1 Å². The predicted octanol–water partition coefficient (Wildman–Crippen LogP) is 1.09. The van der Waals surface area contributed by atoms with Crippen molar-refractivity contribution < 1.29 is 9.59 Å². The highest BCUT2D eigenvalue weighted by Crippen LogP contribution is 2.13. The second kappa shape index (κ2) is 6.47. The van der Waals surface area contributed by atoms with Crippen LogP contribution in [0.25, 0.3) is 0 Å². The van der Waals surface area contributed by atoms with Gasteiger partial charge in [0.1, 0.15) is 0 Å². The zero-order valence-corrected chi connectivity index (χ0v) is 11.0. The van der Waals surface area contributed by atoms with E-state index in [1.54, 1.807) is 4.90 Å². The molecule has 0 aliphatic carbocycles. The molecule has 1 fully saturated rings. The first-order valence-corrected chi connectivity index (χ1v) is 6.38. The summed E-state index contributed by atoms with van der Waals surface area (Å²) in [7, 11) is 0. The third kappa shape index (κ3) is 4.24. The molecule has 0 aromatic heterocycles. The normalized spacial score (nSPS) is 19.9. The van der Waals surface area contributed by atoms with Crippen molar-refractivity contribution in [3.63, 3.8) is 0 Å². The van der Waals surface area contributed by atoms with Gasteiger partial charge in [0.05, 0.1) is 6.04 Å². The lowest BCUT2D eigenvalue weighted by Crippen LogP contribution is -2.44. The van der Waals surface area contributed by atoms with Gasteiger partial charge in [-0.15, -0.1) is 0 Å². The predicted molar refractivity (Wildman–Crippen MR) is 66.7 cm³/mol. The van der Waals surface area contributed by atoms with E-state index in [9.17, 15) is 9.59 Å². The molecule has 1 rings (SSSR count). The zero-order valence-electron chi connectivity index (χ0n) is 11.0. The van der Waals surface area contributed by atoms with Crippen LogP contribution in [0.4, 0.5) is 4.79 Å². The SMILES string of the molecule is CCCCNC(=O)NC1CC(=O)N(C(C)C)C1. The molecule has 5 nitrogen and oxygen atoms in total. The van der Waals surface area contributed by atoms with Gasteiger partial charge in [0.2, 0.25) is 5.91 Å². The monoisotopic (exact) mass is 241 g/mol. The van der Waals surface area contributed by atoms with Gasteiger partial charge in [0.15, 0.2) is 0 Å². The molecule has 3 amide bonds. The second-order valence-corrected chi connectivity index (χ2v) is 4.79. The minimum Gasteiger partial charge on any atom is -0.338 e. The number of amides is 3. The van der Waals surface area contributed by atoms with E-state index in [1.807, 2.05) is 13.8 Å². The molecule has 0 aromatic carbocycles. The van der Waals surface area contributed by atoms with Crippen LogP contribution in [0.3, 0.4) is 0 Å². The molecule has 1 aliphatic heterocycles. The van der Waals surface area contributed by atoms with Crippen LogP contribution in [0.2, 0.25) is 0 Å². The standard InChI is InChI=1S/C12H23N3O2/c1-4-5-6-13-12(17)14-10-7-11(16)15(8-10)9(2)3/h9-10H,4-8H2,1-3H3,(H2,13,14,17). The van der Waals surface area contributed by atoms with Gasteiger partial charge in [-0.2, -0.15) is 0 Å². The van der Waals surface area contributed by atoms with Crippen LogP contribution < -0.4 is 10.6 Å². The number of carbonyl (C=O) groups is 2. The third-order valence-electron chi connectivity index (χ3n) is 2.93. The molecule has 98 valence electrons. The van der Waals surface area contributed by atoms with Crippen LogP contribution in [0.5, 0.6) is 0 Å². The number of unbranched alkanes of at least 4 members (excludes halogenated alkanes) is 1. The molecule has 17 heavy (non-hydrogen) atoms. The average molecular weight is 241 g/mol. The Bertz CT molecular complexity index is 279. The molecule has 1 unspecified atom stereocenters. The zero-order chi connectivity index (χ0) is 12.8. The summed E-state index contributed by atoms with van der Waals surface area (Å²) in [5.74, 6) is 0.124. The Morgan fingerprint density at radius 1 is 1.53 bits per heavy atom. The molecule has 0 spiro atoms. The van der Waals surface area contributed by atoms with E-state index < -0.39 is 0 Å². The van der Waals surface area contributed by atoms with Gasteiger partial charge in [0.25, 0.3) is 0 Å². The number of carbonyl (C=O) groups excluding carboxylic acids is 2. The maximum atomic E-state index is 11.6. The van der Waals surface area contributed by atoms with Gasteiger partial charge in [0, 0.05) is 25.6 Å². The minimum absolute atomic E-state index is 0.0495. The lowest BCUT2D eigenvalue weighted by molar-refractivity contribution is -0.129. The summed E-state index contributed by atoms with van der Waals surface area (Å²) in [5.41, 5.74) is 0. The van der Waals surface area contributed by atoms with Gasteiger partial charge in [-0.1, -0.05) is 13.3 Å². The van der Waals surface area contributed by atoms with E-state index in [0.717, 1.165) is 12.8 Å². The Balaban J connectivity index is 2.29. The maximum absolute atomic E-state index is 11.6. The highest BCUT2D eigenvalue weighted by Gasteiger charge is 2.31. The van der Waals surface area contributed by atoms with Crippen molar-refractivity contribution in [2.24, 2.45) is 0 Å². The molecule has 2 N–H and O–H groups in total. The van der Waals surface area contributed by atoms with Crippen molar-refractivity contribution in [3.05, 3.63) is 0 Å². The number of rotatable bonds is 5. The molecular formula is C12H23N3O2. The summed E-state index contributed by atoms with van der Waals surface area (Å²) in [6.07, 6.45) is 2.46. The van der Waals surface area contributed by atoms with E-state index >= 15 is 0 Å². The number of hydrogen-bond acceptors (Lipinski definition) is 2. The van der Waals surface area contributed by atoms with Crippen molar-refractivity contribution in [1.82, 2.24) is 15.5 Å². The van der Waals surface area contributed by atoms with Crippen molar-refractivity contribution in [2.75, 3.05) is 13.1 Å². The highest BCUT2D eigenvalue weighted by atomic mass is 16.2. The molecule has 1 heterocycles. The Labute approximate surface area is 103 Å². The molecule has 0 aromatic rings. The number of nitrogens with zero attached hydrogens (tertiary/aromatic N) is 1. The van der Waals surface area contributed by atoms with Gasteiger partial charge in [-0.25, -0.2) is 4.79 Å². The summed E-state index contributed by atoms with van der Waals surface area (Å²) < 4.78 is 0. The molecule has 0 radical (unpaired) electrons. The fourth-order valence-electron chi connectivity index (χ4n) is 1.94. The lowest BCUT2D eigenvalue weighted by atomic mass is 10.2. The summed E-state index contributed by atoms with van der Waals surface area (Å²) in [5, 5.41) is 5.63. The molecule has 1 saturated heterocycles. The highest BCUT2D eigenvalue weighted by molar-refractivity contribution is 5.81. The molecule has 1 aliphatic rings. The summed E-state index contributed by atoms with van der Waals surface area (Å²) in [4.78, 5) is 24.9. The van der Waals surface area contributed by atoms with E-state index in [2.05, 4.69) is 17.6 Å². The van der Waals surface area contributed by atoms with Gasteiger partial charge < -0.3 is 15.5 Å². The second-order valence-electron chi connectivity index (χ2n) is 4.79. The first-order chi connectivity index (χ1) is 8.04.